The summed E-state index contributed by atoms with van der Waals surface area (Å²) in [5.41, 5.74) is 0. The molecule has 0 aromatic heterocycles. The molecule has 0 aliphatic heterocycles. The highest BCUT2D eigenvalue weighted by molar-refractivity contribution is 8.21. The van der Waals surface area contributed by atoms with Crippen LogP contribution in [0.15, 0.2) is 0 Å². The third-order valence-electron chi connectivity index (χ3n) is 1.36. The Hall–Kier alpha value is -0.600. The topological polar surface area (TPSA) is 61.1 Å². The Morgan fingerprint density at radius 3 is 2.83 bits per heavy atom. The minimum Gasteiger partial charge on any atom is -0.481 e. The van der Waals surface area contributed by atoms with Gasteiger partial charge in [0.2, 0.25) is 0 Å². The van der Waals surface area contributed by atoms with Gasteiger partial charge in [-0.25, -0.2) is 0 Å². The van der Waals surface area contributed by atoms with Crippen LogP contribution in [0.5, 0.6) is 0 Å². The molecule has 0 spiro atoms. The number of nitrogens with zero attached hydrogens (tertiary/aromatic N) is 1. The van der Waals surface area contributed by atoms with Crippen LogP contribution >= 0.6 is 24.0 Å². The van der Waals surface area contributed by atoms with Gasteiger partial charge in [0.1, 0.15) is 4.75 Å². The fraction of sp³-hybridized carbons (Fsp3) is 0.571. The van der Waals surface area contributed by atoms with Crippen molar-refractivity contribution in [3.63, 3.8) is 0 Å². The molecule has 1 atom stereocenters. The van der Waals surface area contributed by atoms with Gasteiger partial charge < -0.3 is 5.11 Å². The van der Waals surface area contributed by atoms with E-state index >= 15 is 0 Å². The molecular formula is C7H9NO2S2. The fourth-order valence-electron chi connectivity index (χ4n) is 0.593. The van der Waals surface area contributed by atoms with Gasteiger partial charge in [-0.1, -0.05) is 12.2 Å². The molecule has 12 heavy (non-hydrogen) atoms. The molecule has 1 N–H and O–H groups in total. The van der Waals surface area contributed by atoms with Crippen molar-refractivity contribution in [3.8, 4) is 6.07 Å². The number of aliphatic carboxylic acids is 1. The smallest absolute Gasteiger partial charge is 0.303 e. The molecule has 0 aromatic rings. The first kappa shape index (κ1) is 11.4. The Kier molecular flexibility index (Phi) is 4.86. The molecule has 5 heteroatoms. The van der Waals surface area contributed by atoms with Gasteiger partial charge in [0.25, 0.3) is 0 Å². The minimum atomic E-state index is -0.888. The van der Waals surface area contributed by atoms with Gasteiger partial charge in [0.05, 0.1) is 6.07 Å². The van der Waals surface area contributed by atoms with Crippen molar-refractivity contribution in [1.82, 2.24) is 0 Å². The lowest BCUT2D eigenvalue weighted by Crippen LogP contribution is -2.18. The quantitative estimate of drug-likeness (QED) is 0.691. The van der Waals surface area contributed by atoms with Gasteiger partial charge in [0.15, 0.2) is 0 Å². The first-order valence-corrected chi connectivity index (χ1v) is 4.64. The third kappa shape index (κ3) is 4.31. The number of thiocarbonyl (C=S) groups is 1. The number of carboxylic acid groups (broad SMARTS) is 1. The van der Waals surface area contributed by atoms with Gasteiger partial charge >= 0.3 is 5.97 Å². The average Bonchev–Trinajstić information content (AvgIpc) is 2.02. The maximum absolute atomic E-state index is 10.2. The average molecular weight is 203 g/mol. The van der Waals surface area contributed by atoms with Gasteiger partial charge in [-0.3, -0.25) is 4.79 Å². The highest BCUT2D eigenvalue weighted by atomic mass is 32.2. The summed E-state index contributed by atoms with van der Waals surface area (Å²) in [4.78, 5) is 10.2. The largest absolute Gasteiger partial charge is 0.481 e. The molecule has 0 fully saturated rings. The van der Waals surface area contributed by atoms with Crippen molar-refractivity contribution >= 4 is 34.6 Å². The highest BCUT2D eigenvalue weighted by Crippen LogP contribution is 2.27. The van der Waals surface area contributed by atoms with E-state index in [-0.39, 0.29) is 6.42 Å². The maximum atomic E-state index is 10.2. The van der Waals surface area contributed by atoms with Crippen LogP contribution < -0.4 is 0 Å². The molecule has 3 nitrogen and oxygen atoms in total. The van der Waals surface area contributed by atoms with E-state index in [0.717, 1.165) is 0 Å². The van der Waals surface area contributed by atoms with E-state index in [4.69, 9.17) is 10.4 Å². The van der Waals surface area contributed by atoms with Crippen LogP contribution in [0, 0.1) is 11.3 Å². The molecule has 0 amide bonds. The zero-order valence-electron chi connectivity index (χ0n) is 6.61. The molecule has 0 saturated heterocycles. The Morgan fingerprint density at radius 2 is 2.50 bits per heavy atom. The van der Waals surface area contributed by atoms with Gasteiger partial charge in [0, 0.05) is 11.1 Å². The van der Waals surface area contributed by atoms with Crippen LogP contribution in [0.2, 0.25) is 0 Å². The maximum Gasteiger partial charge on any atom is 0.303 e. The Balaban J connectivity index is 4.06. The molecular weight excluding hydrogens is 194 g/mol. The second-order valence-corrected chi connectivity index (χ2v) is 4.36. The highest BCUT2D eigenvalue weighted by Gasteiger charge is 2.24. The molecule has 1 unspecified atom stereocenters. The van der Waals surface area contributed by atoms with E-state index in [1.54, 1.807) is 6.92 Å². The number of carbonyl (C=O) groups is 1. The monoisotopic (exact) mass is 203 g/mol. The van der Waals surface area contributed by atoms with Crippen molar-refractivity contribution in [1.29, 1.82) is 5.26 Å². The first-order valence-electron chi connectivity index (χ1n) is 3.28. The molecule has 0 bridgehead atoms. The van der Waals surface area contributed by atoms with Crippen molar-refractivity contribution in [2.75, 3.05) is 0 Å². The zero-order chi connectivity index (χ0) is 9.61. The third-order valence-corrected chi connectivity index (χ3v) is 2.56. The number of hydrogen-bond acceptors (Lipinski definition) is 4. The fourth-order valence-corrected chi connectivity index (χ4v) is 1.71. The lowest BCUT2D eigenvalue weighted by molar-refractivity contribution is -0.137. The summed E-state index contributed by atoms with van der Waals surface area (Å²) >= 11 is 5.77. The van der Waals surface area contributed by atoms with Crippen LogP contribution in [-0.4, -0.2) is 20.5 Å². The van der Waals surface area contributed by atoms with Crippen LogP contribution in [0.1, 0.15) is 19.8 Å². The molecule has 0 heterocycles. The minimum absolute atomic E-state index is 0.000231. The SMILES string of the molecule is CC(C#N)(CCC(=O)O)SC=S. The molecule has 0 saturated carbocycles. The van der Waals surface area contributed by atoms with E-state index in [1.807, 2.05) is 6.07 Å². The van der Waals surface area contributed by atoms with Crippen LogP contribution in [-0.2, 0) is 4.79 Å². The Morgan fingerprint density at radius 1 is 1.92 bits per heavy atom. The summed E-state index contributed by atoms with van der Waals surface area (Å²) in [5.74, 6) is -0.888. The van der Waals surface area contributed by atoms with Gasteiger partial charge in [-0.05, 0) is 13.3 Å². The number of carboxylic acids is 1. The second-order valence-electron chi connectivity index (χ2n) is 2.45. The van der Waals surface area contributed by atoms with Crippen molar-refractivity contribution in [3.05, 3.63) is 0 Å². The van der Waals surface area contributed by atoms with Gasteiger partial charge in [-0.2, -0.15) is 5.26 Å². The summed E-state index contributed by atoms with van der Waals surface area (Å²) < 4.78 is 0.700. The summed E-state index contributed by atoms with van der Waals surface area (Å²) in [6.07, 6.45) is 0.316. The van der Waals surface area contributed by atoms with E-state index in [0.29, 0.717) is 6.42 Å². The molecule has 0 aliphatic carbocycles. The van der Waals surface area contributed by atoms with Crippen LogP contribution in [0.3, 0.4) is 0 Å². The van der Waals surface area contributed by atoms with Crippen molar-refractivity contribution in [2.45, 2.75) is 24.5 Å². The van der Waals surface area contributed by atoms with E-state index < -0.39 is 10.7 Å². The zero-order valence-corrected chi connectivity index (χ0v) is 8.24. The predicted octanol–water partition coefficient (Wildman–Crippen LogP) is 1.82. The summed E-state index contributed by atoms with van der Waals surface area (Å²) in [6, 6.07) is 2.04. The first-order chi connectivity index (χ1) is 5.54. The Bertz CT molecular complexity index is 224. The normalized spacial score (nSPS) is 14.3. The van der Waals surface area contributed by atoms with E-state index in [9.17, 15) is 4.79 Å². The molecule has 0 aromatic carbocycles. The number of hydrogen-bond donors (Lipinski definition) is 1. The van der Waals surface area contributed by atoms with Gasteiger partial charge in [-0.15, -0.1) is 11.8 Å². The van der Waals surface area contributed by atoms with Crippen molar-refractivity contribution in [2.24, 2.45) is 0 Å². The van der Waals surface area contributed by atoms with Crippen LogP contribution in [0.25, 0.3) is 0 Å². The van der Waals surface area contributed by atoms with Crippen LogP contribution in [0.4, 0.5) is 0 Å². The lowest BCUT2D eigenvalue weighted by Gasteiger charge is -2.16. The number of thioether (sulfide) groups is 1. The molecule has 0 rings (SSSR count). The lowest BCUT2D eigenvalue weighted by atomic mass is 10.1. The van der Waals surface area contributed by atoms with Crippen molar-refractivity contribution < 1.29 is 9.90 Å². The molecule has 0 aliphatic rings. The summed E-state index contributed by atoms with van der Waals surface area (Å²) in [7, 11) is 0. The van der Waals surface area contributed by atoms with E-state index in [2.05, 4.69) is 12.2 Å². The number of nitriles is 1. The summed E-state index contributed by atoms with van der Waals surface area (Å²) in [6.45, 7) is 1.68. The predicted molar refractivity (Wildman–Crippen MR) is 52.1 cm³/mol. The summed E-state index contributed by atoms with van der Waals surface area (Å²) in [5, 5.41) is 17.1. The molecule has 66 valence electrons. The van der Waals surface area contributed by atoms with E-state index in [1.165, 1.54) is 16.5 Å². The molecule has 0 radical (unpaired) electrons. The standard InChI is InChI=1S/C7H9NO2S2/c1-7(4-8,12-5-11)3-2-6(9)10/h5H,2-3H2,1H3,(H,9,10). The Labute approximate surface area is 80.8 Å². The number of rotatable bonds is 5. The second kappa shape index (κ2) is 5.12.